The Labute approximate surface area is 188 Å². The zero-order valence-electron chi connectivity index (χ0n) is 17.7. The van der Waals surface area contributed by atoms with Gasteiger partial charge in [-0.15, -0.1) is 0 Å². The molecule has 0 bridgehead atoms. The number of nitrogens with one attached hydrogen (secondary N) is 2. The molecule has 2 aromatic carbocycles. The Morgan fingerprint density at radius 1 is 1.23 bits per heavy atom. The van der Waals surface area contributed by atoms with Gasteiger partial charge in [0.15, 0.2) is 0 Å². The van der Waals surface area contributed by atoms with Crippen molar-refractivity contribution in [2.75, 3.05) is 13.1 Å². The van der Waals surface area contributed by atoms with E-state index in [9.17, 15) is 9.59 Å². The SMILES string of the molecule is C[C@@H](NC(=O)c1c(Cl)ccc2c1[C@@H]1C[C@@H]3NCCC[C@@H]3C(=O)N1CC2)c1ccccc1. The highest BCUT2D eigenvalue weighted by Crippen LogP contribution is 2.44. The summed E-state index contributed by atoms with van der Waals surface area (Å²) >= 11 is 6.61. The van der Waals surface area contributed by atoms with E-state index in [4.69, 9.17) is 11.6 Å². The molecule has 0 aromatic heterocycles. The zero-order chi connectivity index (χ0) is 21.5. The van der Waals surface area contributed by atoms with Crippen LogP contribution in [0.4, 0.5) is 0 Å². The first-order chi connectivity index (χ1) is 15.0. The fraction of sp³-hybridized carbons (Fsp3) is 0.440. The molecule has 31 heavy (non-hydrogen) atoms. The minimum atomic E-state index is -0.175. The van der Waals surface area contributed by atoms with E-state index in [1.807, 2.05) is 54.3 Å². The highest BCUT2D eigenvalue weighted by Gasteiger charge is 2.46. The zero-order valence-corrected chi connectivity index (χ0v) is 18.5. The van der Waals surface area contributed by atoms with Crippen LogP contribution in [0.25, 0.3) is 0 Å². The van der Waals surface area contributed by atoms with E-state index in [2.05, 4.69) is 10.6 Å². The van der Waals surface area contributed by atoms with Gasteiger partial charge in [0, 0.05) is 12.6 Å². The number of fused-ring (bicyclic) bond motifs is 4. The van der Waals surface area contributed by atoms with Crippen LogP contribution in [-0.4, -0.2) is 35.8 Å². The molecule has 3 heterocycles. The Kier molecular flexibility index (Phi) is 5.49. The number of amides is 2. The van der Waals surface area contributed by atoms with E-state index in [-0.39, 0.29) is 35.9 Å². The molecule has 0 unspecified atom stereocenters. The summed E-state index contributed by atoms with van der Waals surface area (Å²) in [6.45, 7) is 3.64. The predicted octanol–water partition coefficient (Wildman–Crippen LogP) is 4.03. The first-order valence-corrected chi connectivity index (χ1v) is 11.6. The average molecular weight is 438 g/mol. The van der Waals surface area contributed by atoms with Gasteiger partial charge in [0.1, 0.15) is 0 Å². The van der Waals surface area contributed by atoms with E-state index < -0.39 is 0 Å². The van der Waals surface area contributed by atoms with Crippen molar-refractivity contribution in [3.05, 3.63) is 69.7 Å². The summed E-state index contributed by atoms with van der Waals surface area (Å²) < 4.78 is 0. The maximum Gasteiger partial charge on any atom is 0.253 e. The topological polar surface area (TPSA) is 61.4 Å². The molecule has 3 aliphatic heterocycles. The normalized spacial score (nSPS) is 25.8. The summed E-state index contributed by atoms with van der Waals surface area (Å²) in [4.78, 5) is 28.7. The molecule has 3 aliphatic rings. The number of hydrogen-bond donors (Lipinski definition) is 2. The number of hydrogen-bond acceptors (Lipinski definition) is 3. The third-order valence-electron chi connectivity index (χ3n) is 7.15. The number of carbonyl (C=O) groups is 2. The summed E-state index contributed by atoms with van der Waals surface area (Å²) in [6.07, 6.45) is 3.58. The number of benzene rings is 2. The highest BCUT2D eigenvalue weighted by atomic mass is 35.5. The van der Waals surface area contributed by atoms with Gasteiger partial charge in [-0.25, -0.2) is 0 Å². The molecule has 2 N–H and O–H groups in total. The predicted molar refractivity (Wildman–Crippen MR) is 121 cm³/mol. The van der Waals surface area contributed by atoms with Crippen LogP contribution in [0.15, 0.2) is 42.5 Å². The molecular weight excluding hydrogens is 410 g/mol. The molecule has 2 amide bonds. The van der Waals surface area contributed by atoms with Crippen molar-refractivity contribution in [2.45, 2.75) is 50.7 Å². The standard InChI is InChI=1S/C25H28ClN3O2/c1-15(16-6-3-2-4-7-16)28-24(30)23-19(26)10-9-17-11-13-29-21(22(17)23)14-20-18(25(29)31)8-5-12-27-20/h2-4,6-7,9-10,15,18,20-21,27H,5,8,11-14H2,1H3,(H,28,30)/t15-,18+,20+,21+/m1/s1. The van der Waals surface area contributed by atoms with E-state index in [1.54, 1.807) is 0 Å². The number of rotatable bonds is 3. The van der Waals surface area contributed by atoms with Crippen LogP contribution in [0.1, 0.15) is 65.3 Å². The second kappa shape index (κ2) is 8.29. The van der Waals surface area contributed by atoms with Gasteiger partial charge < -0.3 is 15.5 Å². The molecule has 2 fully saturated rings. The fourth-order valence-electron chi connectivity index (χ4n) is 5.57. The van der Waals surface area contributed by atoms with E-state index in [0.717, 1.165) is 48.9 Å². The van der Waals surface area contributed by atoms with Crippen molar-refractivity contribution < 1.29 is 9.59 Å². The Hall–Kier alpha value is -2.37. The van der Waals surface area contributed by atoms with Crippen molar-refractivity contribution in [1.82, 2.24) is 15.5 Å². The van der Waals surface area contributed by atoms with Crippen LogP contribution in [0.3, 0.4) is 0 Å². The van der Waals surface area contributed by atoms with Gasteiger partial charge in [0.2, 0.25) is 5.91 Å². The highest BCUT2D eigenvalue weighted by molar-refractivity contribution is 6.34. The molecule has 0 radical (unpaired) electrons. The second-order valence-electron chi connectivity index (χ2n) is 8.94. The van der Waals surface area contributed by atoms with Gasteiger partial charge in [0.05, 0.1) is 28.6 Å². The third-order valence-corrected chi connectivity index (χ3v) is 7.47. The molecule has 0 saturated carbocycles. The van der Waals surface area contributed by atoms with Crippen molar-refractivity contribution in [1.29, 1.82) is 0 Å². The number of nitrogens with zero attached hydrogens (tertiary/aromatic N) is 1. The minimum Gasteiger partial charge on any atom is -0.345 e. The lowest BCUT2D eigenvalue weighted by atomic mass is 9.76. The molecule has 0 aliphatic carbocycles. The summed E-state index contributed by atoms with van der Waals surface area (Å²) in [5.74, 6) is 0.107. The van der Waals surface area contributed by atoms with Crippen LogP contribution >= 0.6 is 11.6 Å². The van der Waals surface area contributed by atoms with Crippen molar-refractivity contribution in [3.8, 4) is 0 Å². The number of carbonyl (C=O) groups excluding carboxylic acids is 2. The third kappa shape index (κ3) is 3.64. The molecule has 5 rings (SSSR count). The smallest absolute Gasteiger partial charge is 0.253 e. The van der Waals surface area contributed by atoms with E-state index in [0.29, 0.717) is 17.1 Å². The van der Waals surface area contributed by atoms with Gasteiger partial charge >= 0.3 is 0 Å². The van der Waals surface area contributed by atoms with Crippen molar-refractivity contribution in [3.63, 3.8) is 0 Å². The van der Waals surface area contributed by atoms with Crippen molar-refractivity contribution in [2.24, 2.45) is 5.92 Å². The summed E-state index contributed by atoms with van der Waals surface area (Å²) in [7, 11) is 0. The van der Waals surface area contributed by atoms with Crippen LogP contribution in [-0.2, 0) is 11.2 Å². The largest absolute Gasteiger partial charge is 0.345 e. The monoisotopic (exact) mass is 437 g/mol. The molecule has 0 spiro atoms. The average Bonchev–Trinajstić information content (AvgIpc) is 2.79. The summed E-state index contributed by atoms with van der Waals surface area (Å²) in [5.41, 5.74) is 3.64. The molecule has 4 atom stereocenters. The van der Waals surface area contributed by atoms with Crippen LogP contribution in [0.5, 0.6) is 0 Å². The van der Waals surface area contributed by atoms with E-state index in [1.165, 1.54) is 0 Å². The summed E-state index contributed by atoms with van der Waals surface area (Å²) in [6, 6.07) is 13.7. The van der Waals surface area contributed by atoms with Crippen LogP contribution in [0, 0.1) is 5.92 Å². The van der Waals surface area contributed by atoms with Gasteiger partial charge in [-0.2, -0.15) is 0 Å². The quantitative estimate of drug-likeness (QED) is 0.762. The second-order valence-corrected chi connectivity index (χ2v) is 9.35. The molecule has 6 heteroatoms. The fourth-order valence-corrected chi connectivity index (χ4v) is 5.82. The molecule has 5 nitrogen and oxygen atoms in total. The Morgan fingerprint density at radius 2 is 2.03 bits per heavy atom. The number of halogens is 1. The maximum atomic E-state index is 13.4. The van der Waals surface area contributed by atoms with Crippen LogP contribution in [0.2, 0.25) is 5.02 Å². The van der Waals surface area contributed by atoms with Gasteiger partial charge in [-0.1, -0.05) is 48.0 Å². The first kappa shape index (κ1) is 20.5. The molecule has 2 saturated heterocycles. The molecule has 162 valence electrons. The van der Waals surface area contributed by atoms with Gasteiger partial charge in [-0.3, -0.25) is 9.59 Å². The Balaban J connectivity index is 1.49. The summed E-state index contributed by atoms with van der Waals surface area (Å²) in [5, 5.41) is 7.12. The lowest BCUT2D eigenvalue weighted by Gasteiger charge is -2.49. The van der Waals surface area contributed by atoms with Gasteiger partial charge in [0.25, 0.3) is 5.91 Å². The number of piperidine rings is 2. The lowest BCUT2D eigenvalue weighted by molar-refractivity contribution is -0.145. The Morgan fingerprint density at radius 3 is 2.84 bits per heavy atom. The molecular formula is C25H28ClN3O2. The minimum absolute atomic E-state index is 0.0566. The first-order valence-electron chi connectivity index (χ1n) is 11.3. The van der Waals surface area contributed by atoms with Crippen LogP contribution < -0.4 is 10.6 Å². The lowest BCUT2D eigenvalue weighted by Crippen LogP contribution is -2.58. The van der Waals surface area contributed by atoms with E-state index >= 15 is 0 Å². The molecule has 2 aromatic rings. The van der Waals surface area contributed by atoms with Crippen molar-refractivity contribution >= 4 is 23.4 Å². The Bertz CT molecular complexity index is 1010. The van der Waals surface area contributed by atoms with Gasteiger partial charge in [-0.05, 0) is 61.9 Å². The maximum absolute atomic E-state index is 13.4.